The minimum absolute atomic E-state index is 0.191. The van der Waals surface area contributed by atoms with Gasteiger partial charge >= 0.3 is 0 Å². The molecule has 0 fully saturated rings. The van der Waals surface area contributed by atoms with Gasteiger partial charge in [-0.25, -0.2) is 0 Å². The molecule has 0 aliphatic heterocycles. The molecule has 4 rings (SSSR count). The smallest absolute Gasteiger partial charge is 0.234 e. The molecule has 2 aromatic carbocycles. The van der Waals surface area contributed by atoms with E-state index in [9.17, 15) is 14.4 Å². The maximum Gasteiger partial charge on any atom is 0.234 e. The predicted octanol–water partition coefficient (Wildman–Crippen LogP) is 4.40. The van der Waals surface area contributed by atoms with Crippen LogP contribution < -0.4 is 5.32 Å². The second kappa shape index (κ2) is 7.50. The molecule has 1 aliphatic rings. The monoisotopic (exact) mass is 393 g/mol. The molecule has 1 heterocycles. The first kappa shape index (κ1) is 17.7. The molecule has 1 aliphatic carbocycles. The lowest BCUT2D eigenvalue weighted by Gasteiger charge is -2.20. The van der Waals surface area contributed by atoms with Crippen molar-refractivity contribution in [1.29, 1.82) is 0 Å². The van der Waals surface area contributed by atoms with E-state index < -0.39 is 0 Å². The number of anilines is 1. The van der Waals surface area contributed by atoms with E-state index in [2.05, 4.69) is 5.32 Å². The molecule has 0 saturated heterocycles. The summed E-state index contributed by atoms with van der Waals surface area (Å²) in [7, 11) is 0. The summed E-state index contributed by atoms with van der Waals surface area (Å²) < 4.78 is 0. The molecule has 3 aromatic rings. The molecule has 0 radical (unpaired) electrons. The van der Waals surface area contributed by atoms with Crippen LogP contribution in [0, 0.1) is 0 Å². The first-order valence-electron chi connectivity index (χ1n) is 8.36. The molecule has 0 unspecified atom stereocenters. The number of hydrogen-bond acceptors (Lipinski definition) is 5. The Kier molecular flexibility index (Phi) is 4.92. The Balaban J connectivity index is 1.54. The van der Waals surface area contributed by atoms with Gasteiger partial charge in [0, 0.05) is 27.3 Å². The first-order valence-corrected chi connectivity index (χ1v) is 10.4. The predicted molar refractivity (Wildman–Crippen MR) is 109 cm³/mol. The summed E-state index contributed by atoms with van der Waals surface area (Å²) in [5.41, 5.74) is 1.79. The number of amides is 1. The summed E-state index contributed by atoms with van der Waals surface area (Å²) in [4.78, 5) is 39.2. The van der Waals surface area contributed by atoms with Crippen molar-refractivity contribution in [3.8, 4) is 0 Å². The van der Waals surface area contributed by atoms with Gasteiger partial charge < -0.3 is 5.32 Å². The van der Waals surface area contributed by atoms with Crippen molar-refractivity contribution in [1.82, 2.24) is 0 Å². The standard InChI is InChI=1S/C21H15NO3S2/c23-18(12-26-11-13-5-4-10-27-13)22-17-9-3-8-16-19(17)21(25)15-7-2-1-6-14(15)20(16)24/h1-10H,11-12H2,(H,22,23). The highest BCUT2D eigenvalue weighted by Crippen LogP contribution is 2.32. The van der Waals surface area contributed by atoms with Crippen LogP contribution in [0.5, 0.6) is 0 Å². The number of thioether (sulfide) groups is 1. The second-order valence-corrected chi connectivity index (χ2v) is 8.07. The van der Waals surface area contributed by atoms with Gasteiger partial charge in [0.15, 0.2) is 11.6 Å². The topological polar surface area (TPSA) is 63.2 Å². The highest BCUT2D eigenvalue weighted by Gasteiger charge is 2.31. The molecule has 27 heavy (non-hydrogen) atoms. The number of carbonyl (C=O) groups is 3. The maximum atomic E-state index is 12.9. The van der Waals surface area contributed by atoms with Gasteiger partial charge in [0.1, 0.15) is 0 Å². The van der Waals surface area contributed by atoms with Gasteiger partial charge in [-0.2, -0.15) is 0 Å². The number of thiophene rings is 1. The van der Waals surface area contributed by atoms with Crippen molar-refractivity contribution in [2.24, 2.45) is 0 Å². The number of rotatable bonds is 5. The van der Waals surface area contributed by atoms with Gasteiger partial charge in [-0.1, -0.05) is 42.5 Å². The minimum Gasteiger partial charge on any atom is -0.325 e. The van der Waals surface area contributed by atoms with E-state index in [1.54, 1.807) is 53.8 Å². The van der Waals surface area contributed by atoms with Crippen LogP contribution in [0.1, 0.15) is 36.7 Å². The number of benzene rings is 2. The second-order valence-electron chi connectivity index (χ2n) is 6.05. The molecule has 0 saturated carbocycles. The molecule has 134 valence electrons. The van der Waals surface area contributed by atoms with Crippen molar-refractivity contribution in [2.45, 2.75) is 5.75 Å². The molecule has 1 amide bonds. The van der Waals surface area contributed by atoms with Crippen LogP contribution >= 0.6 is 23.1 Å². The summed E-state index contributed by atoms with van der Waals surface area (Å²) in [5, 5.41) is 4.81. The third kappa shape index (κ3) is 3.46. The van der Waals surface area contributed by atoms with Gasteiger partial charge in [0.25, 0.3) is 0 Å². The van der Waals surface area contributed by atoms with Gasteiger partial charge in [-0.05, 0) is 17.5 Å². The Morgan fingerprint density at radius 1 is 0.889 bits per heavy atom. The Hall–Kier alpha value is -2.70. The van der Waals surface area contributed by atoms with Gasteiger partial charge in [-0.3, -0.25) is 14.4 Å². The normalized spacial score (nSPS) is 12.4. The van der Waals surface area contributed by atoms with Crippen LogP contribution in [0.3, 0.4) is 0 Å². The summed E-state index contributed by atoms with van der Waals surface area (Å²) >= 11 is 3.17. The molecule has 4 nitrogen and oxygen atoms in total. The van der Waals surface area contributed by atoms with Gasteiger partial charge in [-0.15, -0.1) is 23.1 Å². The first-order chi connectivity index (χ1) is 13.1. The van der Waals surface area contributed by atoms with Crippen molar-refractivity contribution >= 4 is 46.3 Å². The quantitative estimate of drug-likeness (QED) is 0.546. The molecular weight excluding hydrogens is 378 g/mol. The van der Waals surface area contributed by atoms with E-state index in [1.165, 1.54) is 16.6 Å². The Bertz CT molecular complexity index is 1040. The van der Waals surface area contributed by atoms with Crippen molar-refractivity contribution < 1.29 is 14.4 Å². The Labute approximate surface area is 164 Å². The zero-order valence-electron chi connectivity index (χ0n) is 14.2. The van der Waals surface area contributed by atoms with E-state index in [1.807, 2.05) is 17.5 Å². The van der Waals surface area contributed by atoms with Crippen LogP contribution in [-0.4, -0.2) is 23.2 Å². The molecular formula is C21H15NO3S2. The number of nitrogens with one attached hydrogen (secondary N) is 1. The van der Waals surface area contributed by atoms with Crippen molar-refractivity contribution in [3.05, 3.63) is 87.1 Å². The minimum atomic E-state index is -0.234. The Morgan fingerprint density at radius 2 is 1.63 bits per heavy atom. The van der Waals surface area contributed by atoms with E-state index in [0.717, 1.165) is 5.75 Å². The van der Waals surface area contributed by atoms with Gasteiger partial charge in [0.05, 0.1) is 17.0 Å². The lowest BCUT2D eigenvalue weighted by Crippen LogP contribution is -2.24. The molecule has 0 atom stereocenters. The van der Waals surface area contributed by atoms with Crippen molar-refractivity contribution in [2.75, 3.05) is 11.1 Å². The molecule has 0 spiro atoms. The maximum absolute atomic E-state index is 12.9. The zero-order valence-corrected chi connectivity index (χ0v) is 15.9. The van der Waals surface area contributed by atoms with E-state index in [-0.39, 0.29) is 28.8 Å². The molecule has 1 aromatic heterocycles. The van der Waals surface area contributed by atoms with Crippen molar-refractivity contribution in [3.63, 3.8) is 0 Å². The zero-order chi connectivity index (χ0) is 18.8. The Morgan fingerprint density at radius 3 is 2.37 bits per heavy atom. The van der Waals surface area contributed by atoms with Gasteiger partial charge in [0.2, 0.25) is 5.91 Å². The van der Waals surface area contributed by atoms with Crippen LogP contribution in [0.4, 0.5) is 5.69 Å². The van der Waals surface area contributed by atoms with E-state index in [0.29, 0.717) is 22.4 Å². The SMILES string of the molecule is O=C(CSCc1cccs1)Nc1cccc2c1C(=O)c1ccccc1C2=O. The summed E-state index contributed by atoms with van der Waals surface area (Å²) in [5.74, 6) is 0.429. The number of fused-ring (bicyclic) bond motifs is 2. The number of ketones is 2. The fourth-order valence-corrected chi connectivity index (χ4v) is 4.74. The average Bonchev–Trinajstić information content (AvgIpc) is 3.19. The van der Waals surface area contributed by atoms with Crippen LogP contribution in [0.25, 0.3) is 0 Å². The van der Waals surface area contributed by atoms with Crippen LogP contribution in [-0.2, 0) is 10.5 Å². The van der Waals surface area contributed by atoms with Crippen LogP contribution in [0.2, 0.25) is 0 Å². The highest BCUT2D eigenvalue weighted by atomic mass is 32.2. The number of carbonyl (C=O) groups excluding carboxylic acids is 3. The third-order valence-electron chi connectivity index (χ3n) is 4.28. The fourth-order valence-electron chi connectivity index (χ4n) is 3.07. The lowest BCUT2D eigenvalue weighted by molar-refractivity contribution is -0.113. The number of hydrogen-bond donors (Lipinski definition) is 1. The molecule has 6 heteroatoms. The molecule has 1 N–H and O–H groups in total. The molecule has 0 bridgehead atoms. The van der Waals surface area contributed by atoms with E-state index >= 15 is 0 Å². The summed E-state index contributed by atoms with van der Waals surface area (Å²) in [6.45, 7) is 0. The largest absolute Gasteiger partial charge is 0.325 e. The average molecular weight is 393 g/mol. The highest BCUT2D eigenvalue weighted by molar-refractivity contribution is 7.99. The van der Waals surface area contributed by atoms with Crippen LogP contribution in [0.15, 0.2) is 60.0 Å². The summed E-state index contributed by atoms with van der Waals surface area (Å²) in [6.07, 6.45) is 0. The third-order valence-corrected chi connectivity index (χ3v) is 6.32. The van der Waals surface area contributed by atoms with E-state index in [4.69, 9.17) is 0 Å². The summed E-state index contributed by atoms with van der Waals surface area (Å²) in [6, 6.07) is 15.8. The fraction of sp³-hybridized carbons (Fsp3) is 0.0952. The lowest BCUT2D eigenvalue weighted by atomic mass is 9.83.